The van der Waals surface area contributed by atoms with E-state index >= 15 is 0 Å². The van der Waals surface area contributed by atoms with Gasteiger partial charge in [-0.05, 0) is 30.5 Å². The second-order valence-corrected chi connectivity index (χ2v) is 5.72. The molecule has 0 saturated heterocycles. The van der Waals surface area contributed by atoms with E-state index in [1.807, 2.05) is 16.8 Å². The maximum absolute atomic E-state index is 5.68. The maximum atomic E-state index is 5.68. The Morgan fingerprint density at radius 2 is 2.25 bits per heavy atom. The highest BCUT2D eigenvalue weighted by Gasteiger charge is 2.13. The molecule has 0 aliphatic heterocycles. The Balaban J connectivity index is 2.03. The van der Waals surface area contributed by atoms with Crippen molar-refractivity contribution in [3.63, 3.8) is 0 Å². The van der Waals surface area contributed by atoms with Gasteiger partial charge in [0.1, 0.15) is 12.2 Å². The molecule has 0 bridgehead atoms. The van der Waals surface area contributed by atoms with Crippen molar-refractivity contribution >= 4 is 15.9 Å². The molecule has 5 nitrogen and oxygen atoms in total. The lowest BCUT2D eigenvalue weighted by molar-refractivity contribution is 0.482. The second-order valence-electron chi connectivity index (χ2n) is 4.80. The topological polar surface area (TPSA) is 68.8 Å². The van der Waals surface area contributed by atoms with Gasteiger partial charge >= 0.3 is 0 Å². The van der Waals surface area contributed by atoms with Crippen LogP contribution in [0.3, 0.4) is 0 Å². The van der Waals surface area contributed by atoms with Crippen molar-refractivity contribution in [2.24, 2.45) is 5.84 Å². The smallest absolute Gasteiger partial charge is 0.138 e. The number of aromatic nitrogens is 3. The van der Waals surface area contributed by atoms with Crippen molar-refractivity contribution in [2.45, 2.75) is 38.8 Å². The Labute approximate surface area is 127 Å². The van der Waals surface area contributed by atoms with E-state index in [1.165, 1.54) is 5.56 Å². The van der Waals surface area contributed by atoms with E-state index < -0.39 is 0 Å². The summed E-state index contributed by atoms with van der Waals surface area (Å²) in [6, 6.07) is 8.41. The molecule has 20 heavy (non-hydrogen) atoms. The van der Waals surface area contributed by atoms with Crippen LogP contribution in [0.2, 0.25) is 0 Å². The van der Waals surface area contributed by atoms with E-state index in [0.29, 0.717) is 0 Å². The first-order valence-electron chi connectivity index (χ1n) is 6.80. The van der Waals surface area contributed by atoms with E-state index in [0.717, 1.165) is 36.1 Å². The summed E-state index contributed by atoms with van der Waals surface area (Å²) in [6.07, 6.45) is 4.28. The van der Waals surface area contributed by atoms with Gasteiger partial charge in [0.05, 0.1) is 0 Å². The Bertz CT molecular complexity index is 540. The average molecular weight is 338 g/mol. The predicted octanol–water partition coefficient (Wildman–Crippen LogP) is 2.07. The summed E-state index contributed by atoms with van der Waals surface area (Å²) >= 11 is 3.49. The van der Waals surface area contributed by atoms with Crippen molar-refractivity contribution in [1.29, 1.82) is 0 Å². The number of hydrazine groups is 1. The lowest BCUT2D eigenvalue weighted by atomic mass is 10.0. The van der Waals surface area contributed by atoms with Crippen molar-refractivity contribution in [3.8, 4) is 0 Å². The molecule has 2 rings (SSSR count). The highest BCUT2D eigenvalue weighted by molar-refractivity contribution is 9.10. The molecule has 0 amide bonds. The molecule has 3 N–H and O–H groups in total. The monoisotopic (exact) mass is 337 g/mol. The predicted molar refractivity (Wildman–Crippen MR) is 83.0 cm³/mol. The van der Waals surface area contributed by atoms with Crippen LogP contribution in [0.4, 0.5) is 0 Å². The minimum atomic E-state index is 0.143. The van der Waals surface area contributed by atoms with Crippen LogP contribution in [0.15, 0.2) is 35.1 Å². The molecule has 0 saturated carbocycles. The largest absolute Gasteiger partial charge is 0.271 e. The normalized spacial score (nSPS) is 12.6. The third-order valence-electron chi connectivity index (χ3n) is 3.17. The number of halogens is 1. The van der Waals surface area contributed by atoms with E-state index in [-0.39, 0.29) is 6.04 Å². The van der Waals surface area contributed by atoms with Gasteiger partial charge in [0, 0.05) is 23.5 Å². The number of hydrogen-bond donors (Lipinski definition) is 2. The van der Waals surface area contributed by atoms with Crippen molar-refractivity contribution < 1.29 is 0 Å². The molecule has 6 heteroatoms. The second kappa shape index (κ2) is 7.52. The van der Waals surface area contributed by atoms with Crippen LogP contribution in [0.5, 0.6) is 0 Å². The van der Waals surface area contributed by atoms with E-state index in [9.17, 15) is 0 Å². The zero-order valence-electron chi connectivity index (χ0n) is 11.6. The number of nitrogens with two attached hydrogens (primary N) is 1. The van der Waals surface area contributed by atoms with Crippen molar-refractivity contribution in [1.82, 2.24) is 20.2 Å². The number of benzene rings is 1. The zero-order chi connectivity index (χ0) is 14.4. The summed E-state index contributed by atoms with van der Waals surface area (Å²) in [5, 5.41) is 4.24. The lowest BCUT2D eigenvalue weighted by Crippen LogP contribution is -2.39. The number of aryl methyl sites for hydroxylation is 1. The molecule has 0 fully saturated rings. The molecule has 1 heterocycles. The number of hydrogen-bond acceptors (Lipinski definition) is 4. The van der Waals surface area contributed by atoms with Crippen LogP contribution in [-0.4, -0.2) is 20.8 Å². The maximum Gasteiger partial charge on any atom is 0.138 e. The third kappa shape index (κ3) is 4.13. The van der Waals surface area contributed by atoms with Gasteiger partial charge in [-0.2, -0.15) is 5.10 Å². The molecule has 1 aromatic carbocycles. The van der Waals surface area contributed by atoms with Gasteiger partial charge in [-0.15, -0.1) is 0 Å². The van der Waals surface area contributed by atoms with E-state index in [4.69, 9.17) is 5.84 Å². The molecule has 0 aliphatic carbocycles. The summed E-state index contributed by atoms with van der Waals surface area (Å²) < 4.78 is 3.03. The molecule has 1 aromatic heterocycles. The molecule has 1 unspecified atom stereocenters. The Hall–Kier alpha value is -1.24. The molecular formula is C14H20BrN5. The summed E-state index contributed by atoms with van der Waals surface area (Å²) in [5.41, 5.74) is 4.12. The Kier molecular flexibility index (Phi) is 5.70. The fourth-order valence-electron chi connectivity index (χ4n) is 2.20. The minimum absolute atomic E-state index is 0.143. The zero-order valence-corrected chi connectivity index (χ0v) is 13.2. The minimum Gasteiger partial charge on any atom is -0.271 e. The van der Waals surface area contributed by atoms with E-state index in [2.05, 4.69) is 50.5 Å². The molecule has 0 aliphatic rings. The first-order valence-corrected chi connectivity index (χ1v) is 7.59. The van der Waals surface area contributed by atoms with Gasteiger partial charge in [0.2, 0.25) is 0 Å². The standard InChI is InChI=1S/C14H20BrN5/c1-2-6-20-14(17-10-18-20)9-13(19-16)8-11-4-3-5-12(15)7-11/h3-5,7,10,13,19H,2,6,8-9,16H2,1H3. The first-order chi connectivity index (χ1) is 9.72. The van der Waals surface area contributed by atoms with Gasteiger partial charge < -0.3 is 0 Å². The van der Waals surface area contributed by atoms with Gasteiger partial charge in [0.15, 0.2) is 0 Å². The Morgan fingerprint density at radius 1 is 1.40 bits per heavy atom. The summed E-state index contributed by atoms with van der Waals surface area (Å²) in [4.78, 5) is 4.33. The fourth-order valence-corrected chi connectivity index (χ4v) is 2.65. The van der Waals surface area contributed by atoms with Crippen molar-refractivity contribution in [3.05, 3.63) is 46.5 Å². The summed E-state index contributed by atoms with van der Waals surface area (Å²) in [6.45, 7) is 3.02. The Morgan fingerprint density at radius 3 is 2.95 bits per heavy atom. The lowest BCUT2D eigenvalue weighted by Gasteiger charge is -2.16. The summed E-state index contributed by atoms with van der Waals surface area (Å²) in [5.74, 6) is 6.66. The number of nitrogens with one attached hydrogen (secondary N) is 1. The van der Waals surface area contributed by atoms with Crippen LogP contribution in [0, 0.1) is 0 Å². The third-order valence-corrected chi connectivity index (χ3v) is 3.66. The van der Waals surface area contributed by atoms with Crippen LogP contribution in [0.1, 0.15) is 24.7 Å². The van der Waals surface area contributed by atoms with Crippen LogP contribution in [-0.2, 0) is 19.4 Å². The molecule has 2 aromatic rings. The van der Waals surface area contributed by atoms with Crippen LogP contribution >= 0.6 is 15.9 Å². The number of rotatable bonds is 7. The molecular weight excluding hydrogens is 318 g/mol. The van der Waals surface area contributed by atoms with Crippen molar-refractivity contribution in [2.75, 3.05) is 0 Å². The van der Waals surface area contributed by atoms with Gasteiger partial charge in [-0.3, -0.25) is 16.0 Å². The molecule has 1 atom stereocenters. The molecule has 108 valence electrons. The molecule has 0 radical (unpaired) electrons. The highest BCUT2D eigenvalue weighted by Crippen LogP contribution is 2.14. The van der Waals surface area contributed by atoms with Gasteiger partial charge in [0.25, 0.3) is 0 Å². The first kappa shape index (κ1) is 15.2. The van der Waals surface area contributed by atoms with Gasteiger partial charge in [-0.1, -0.05) is 35.0 Å². The van der Waals surface area contributed by atoms with Crippen LogP contribution < -0.4 is 11.3 Å². The fraction of sp³-hybridized carbons (Fsp3) is 0.429. The SMILES string of the molecule is CCCn1ncnc1CC(Cc1cccc(Br)c1)NN. The summed E-state index contributed by atoms with van der Waals surface area (Å²) in [7, 11) is 0. The van der Waals surface area contributed by atoms with E-state index in [1.54, 1.807) is 6.33 Å². The van der Waals surface area contributed by atoms with Gasteiger partial charge in [-0.25, -0.2) is 4.98 Å². The average Bonchev–Trinajstić information content (AvgIpc) is 2.86. The number of nitrogens with zero attached hydrogens (tertiary/aromatic N) is 3. The quantitative estimate of drug-likeness (QED) is 0.599. The highest BCUT2D eigenvalue weighted by atomic mass is 79.9. The molecule has 0 spiro atoms. The van der Waals surface area contributed by atoms with Crippen LogP contribution in [0.25, 0.3) is 0 Å².